The molecule has 1 amide bonds. The predicted octanol–water partition coefficient (Wildman–Crippen LogP) is 5.88. The van der Waals surface area contributed by atoms with Crippen LogP contribution in [0.2, 0.25) is 0 Å². The molecule has 2 heterocycles. The van der Waals surface area contributed by atoms with Crippen molar-refractivity contribution in [3.63, 3.8) is 0 Å². The van der Waals surface area contributed by atoms with Crippen molar-refractivity contribution in [2.24, 2.45) is 0 Å². The lowest BCUT2D eigenvalue weighted by Gasteiger charge is -2.08. The molecule has 146 valence electrons. The first-order chi connectivity index (χ1) is 14.0. The minimum atomic E-state index is -0.237. The van der Waals surface area contributed by atoms with Crippen molar-refractivity contribution >= 4 is 54.8 Å². The van der Waals surface area contributed by atoms with Crippen LogP contribution in [0.1, 0.15) is 15.2 Å². The molecule has 0 spiro atoms. The molecule has 0 unspecified atom stereocenters. The van der Waals surface area contributed by atoms with Gasteiger partial charge >= 0.3 is 0 Å². The molecule has 2 aromatic heterocycles. The van der Waals surface area contributed by atoms with Crippen LogP contribution in [0.3, 0.4) is 0 Å². The average molecular weight is 468 g/mol. The second-order valence-electron chi connectivity index (χ2n) is 6.54. The first-order valence-electron chi connectivity index (χ1n) is 8.87. The predicted molar refractivity (Wildman–Crippen MR) is 123 cm³/mol. The van der Waals surface area contributed by atoms with Crippen LogP contribution < -0.4 is 15.8 Å². The summed E-state index contributed by atoms with van der Waals surface area (Å²) >= 11 is 4.72. The molecule has 0 saturated carbocycles. The van der Waals surface area contributed by atoms with Crippen molar-refractivity contribution < 1.29 is 9.53 Å². The number of nitrogen functional groups attached to an aromatic ring is 1. The second-order valence-corrected chi connectivity index (χ2v) is 8.45. The van der Waals surface area contributed by atoms with Crippen LogP contribution in [0.4, 0.5) is 11.4 Å². The number of nitrogens with one attached hydrogen (secondary N) is 1. The summed E-state index contributed by atoms with van der Waals surface area (Å²) in [6.07, 6.45) is 0. The van der Waals surface area contributed by atoms with Gasteiger partial charge < -0.3 is 15.8 Å². The van der Waals surface area contributed by atoms with Crippen LogP contribution >= 0.6 is 27.3 Å². The lowest BCUT2D eigenvalue weighted by molar-refractivity contribution is 0.103. The zero-order chi connectivity index (χ0) is 20.5. The summed E-state index contributed by atoms with van der Waals surface area (Å²) in [5.41, 5.74) is 10.2. The SMILES string of the molecule is COc1cccc(-c2ccc3c(N)c(C(=O)Nc4ccc(Br)cc4C)sc3n2)c1. The summed E-state index contributed by atoms with van der Waals surface area (Å²) in [6.45, 7) is 1.94. The number of benzene rings is 2. The van der Waals surface area contributed by atoms with E-state index in [0.717, 1.165) is 42.9 Å². The molecular weight excluding hydrogens is 450 g/mol. The molecule has 2 aromatic carbocycles. The zero-order valence-electron chi connectivity index (χ0n) is 15.8. The van der Waals surface area contributed by atoms with Gasteiger partial charge in [0.1, 0.15) is 15.5 Å². The lowest BCUT2D eigenvalue weighted by atomic mass is 10.1. The quantitative estimate of drug-likeness (QED) is 0.392. The highest BCUT2D eigenvalue weighted by atomic mass is 79.9. The van der Waals surface area contributed by atoms with E-state index >= 15 is 0 Å². The molecule has 0 bridgehead atoms. The van der Waals surface area contributed by atoms with Gasteiger partial charge in [-0.15, -0.1) is 11.3 Å². The Morgan fingerprint density at radius 2 is 2.00 bits per heavy atom. The van der Waals surface area contributed by atoms with Gasteiger partial charge in [-0.05, 0) is 55.0 Å². The van der Waals surface area contributed by atoms with Gasteiger partial charge in [-0.2, -0.15) is 0 Å². The maximum absolute atomic E-state index is 12.8. The number of amides is 1. The summed E-state index contributed by atoms with van der Waals surface area (Å²) in [6, 6.07) is 17.2. The summed E-state index contributed by atoms with van der Waals surface area (Å²) in [5.74, 6) is 0.527. The van der Waals surface area contributed by atoms with Crippen molar-refractivity contribution in [1.82, 2.24) is 4.98 Å². The smallest absolute Gasteiger partial charge is 0.267 e. The van der Waals surface area contributed by atoms with E-state index in [0.29, 0.717) is 10.6 Å². The first-order valence-corrected chi connectivity index (χ1v) is 10.5. The largest absolute Gasteiger partial charge is 0.497 e. The maximum atomic E-state index is 12.8. The third-order valence-electron chi connectivity index (χ3n) is 4.60. The van der Waals surface area contributed by atoms with Crippen LogP contribution in [0.15, 0.2) is 59.1 Å². The molecule has 0 aliphatic rings. The number of pyridine rings is 1. The number of aryl methyl sites for hydroxylation is 1. The molecule has 29 heavy (non-hydrogen) atoms. The number of halogens is 1. The van der Waals surface area contributed by atoms with Crippen molar-refractivity contribution in [2.75, 3.05) is 18.2 Å². The molecule has 3 N–H and O–H groups in total. The number of methoxy groups -OCH3 is 1. The molecule has 0 atom stereocenters. The zero-order valence-corrected chi connectivity index (χ0v) is 18.2. The average Bonchev–Trinajstić information content (AvgIpc) is 3.06. The van der Waals surface area contributed by atoms with E-state index in [4.69, 9.17) is 15.5 Å². The summed E-state index contributed by atoms with van der Waals surface area (Å²) in [4.78, 5) is 18.7. The number of thiophene rings is 1. The van der Waals surface area contributed by atoms with E-state index in [9.17, 15) is 4.79 Å². The fourth-order valence-corrected chi connectivity index (χ4v) is 4.52. The normalized spacial score (nSPS) is 10.9. The van der Waals surface area contributed by atoms with Gasteiger partial charge in [0.25, 0.3) is 5.91 Å². The van der Waals surface area contributed by atoms with Crippen LogP contribution in [-0.4, -0.2) is 18.0 Å². The molecule has 4 aromatic rings. The van der Waals surface area contributed by atoms with E-state index in [2.05, 4.69) is 21.2 Å². The fraction of sp³-hybridized carbons (Fsp3) is 0.0909. The van der Waals surface area contributed by atoms with Crippen LogP contribution in [0, 0.1) is 6.92 Å². The van der Waals surface area contributed by atoms with E-state index in [1.54, 1.807) is 7.11 Å². The molecule has 4 rings (SSSR count). The lowest BCUT2D eigenvalue weighted by Crippen LogP contribution is -2.12. The third-order valence-corrected chi connectivity index (χ3v) is 6.21. The van der Waals surface area contributed by atoms with Crippen molar-refractivity contribution in [1.29, 1.82) is 0 Å². The summed E-state index contributed by atoms with van der Waals surface area (Å²) in [5, 5.41) is 3.72. The van der Waals surface area contributed by atoms with Crippen molar-refractivity contribution in [3.05, 3.63) is 69.5 Å². The number of nitrogens with zero attached hydrogens (tertiary/aromatic N) is 1. The Bertz CT molecular complexity index is 1240. The van der Waals surface area contributed by atoms with Crippen LogP contribution in [-0.2, 0) is 0 Å². The van der Waals surface area contributed by atoms with E-state index in [1.165, 1.54) is 11.3 Å². The van der Waals surface area contributed by atoms with Gasteiger partial charge in [0.15, 0.2) is 0 Å². The van der Waals surface area contributed by atoms with Gasteiger partial charge in [0, 0.05) is 21.1 Å². The Morgan fingerprint density at radius 1 is 1.17 bits per heavy atom. The Labute approximate surface area is 180 Å². The van der Waals surface area contributed by atoms with Crippen LogP contribution in [0.5, 0.6) is 5.75 Å². The van der Waals surface area contributed by atoms with Gasteiger partial charge in [0.2, 0.25) is 0 Å². The number of carbonyl (C=O) groups is 1. The Morgan fingerprint density at radius 3 is 2.76 bits per heavy atom. The number of aromatic nitrogens is 1. The first kappa shape index (κ1) is 19.4. The highest BCUT2D eigenvalue weighted by Crippen LogP contribution is 2.35. The number of hydrogen-bond acceptors (Lipinski definition) is 5. The molecule has 7 heteroatoms. The highest BCUT2D eigenvalue weighted by molar-refractivity contribution is 9.10. The standard InChI is InChI=1S/C22H18BrN3O2S/c1-12-10-14(23)6-8-17(12)25-21(27)20-19(24)16-7-9-18(26-22(16)29-20)13-4-3-5-15(11-13)28-2/h3-11H,24H2,1-2H3,(H,25,27). The van der Waals surface area contributed by atoms with E-state index in [1.807, 2.05) is 61.5 Å². The third kappa shape index (κ3) is 3.83. The number of hydrogen-bond donors (Lipinski definition) is 2. The number of carbonyl (C=O) groups excluding carboxylic acids is 1. The highest BCUT2D eigenvalue weighted by Gasteiger charge is 2.18. The summed E-state index contributed by atoms with van der Waals surface area (Å²) in [7, 11) is 1.63. The number of fused-ring (bicyclic) bond motifs is 1. The molecule has 5 nitrogen and oxygen atoms in total. The van der Waals surface area contributed by atoms with Crippen molar-refractivity contribution in [2.45, 2.75) is 6.92 Å². The molecule has 0 aliphatic heterocycles. The van der Waals surface area contributed by atoms with E-state index in [-0.39, 0.29) is 5.91 Å². The van der Waals surface area contributed by atoms with Crippen molar-refractivity contribution in [3.8, 4) is 17.0 Å². The minimum absolute atomic E-state index is 0.237. The fourth-order valence-electron chi connectivity index (χ4n) is 3.06. The number of anilines is 2. The molecule has 0 fully saturated rings. The second kappa shape index (κ2) is 7.85. The van der Waals surface area contributed by atoms with Gasteiger partial charge in [0.05, 0.1) is 18.5 Å². The molecule has 0 saturated heterocycles. The topological polar surface area (TPSA) is 77.2 Å². The molecular formula is C22H18BrN3O2S. The number of rotatable bonds is 4. The number of ether oxygens (including phenoxy) is 1. The maximum Gasteiger partial charge on any atom is 0.267 e. The van der Waals surface area contributed by atoms with Gasteiger partial charge in [-0.1, -0.05) is 28.1 Å². The number of nitrogens with two attached hydrogens (primary N) is 1. The Hall–Kier alpha value is -2.90. The van der Waals surface area contributed by atoms with Gasteiger partial charge in [-0.3, -0.25) is 4.79 Å². The van der Waals surface area contributed by atoms with Crippen LogP contribution in [0.25, 0.3) is 21.5 Å². The van der Waals surface area contributed by atoms with Gasteiger partial charge in [-0.25, -0.2) is 4.98 Å². The van der Waals surface area contributed by atoms with E-state index < -0.39 is 0 Å². The Kier molecular flexibility index (Phi) is 5.25. The molecule has 0 aliphatic carbocycles. The summed E-state index contributed by atoms with van der Waals surface area (Å²) < 4.78 is 6.25. The molecule has 0 radical (unpaired) electrons. The minimum Gasteiger partial charge on any atom is -0.497 e. The Balaban J connectivity index is 1.68. The monoisotopic (exact) mass is 467 g/mol.